The van der Waals surface area contributed by atoms with E-state index in [2.05, 4.69) is 11.4 Å². The van der Waals surface area contributed by atoms with E-state index < -0.39 is 9.84 Å². The van der Waals surface area contributed by atoms with Crippen LogP contribution >= 0.6 is 0 Å². The molecule has 1 aromatic carbocycles. The van der Waals surface area contributed by atoms with Crippen molar-refractivity contribution >= 4 is 9.84 Å². The molecule has 0 aliphatic carbocycles. The summed E-state index contributed by atoms with van der Waals surface area (Å²) in [7, 11) is -2.90. The van der Waals surface area contributed by atoms with Gasteiger partial charge in [0.1, 0.15) is 0 Å². The Bertz CT molecular complexity index is 545. The summed E-state index contributed by atoms with van der Waals surface area (Å²) in [5.41, 5.74) is 2.77. The number of aryl methyl sites for hydroxylation is 1. The van der Waals surface area contributed by atoms with Gasteiger partial charge in [-0.05, 0) is 30.2 Å². The van der Waals surface area contributed by atoms with Gasteiger partial charge in [0.05, 0.1) is 17.4 Å². The highest BCUT2D eigenvalue weighted by Gasteiger charge is 2.06. The summed E-state index contributed by atoms with van der Waals surface area (Å²) in [6.45, 7) is 4.67. The van der Waals surface area contributed by atoms with E-state index in [4.69, 9.17) is 5.26 Å². The second-order valence-electron chi connectivity index (χ2n) is 4.17. The molecule has 0 saturated carbocycles. The Hall–Kier alpha value is -1.38. The maximum absolute atomic E-state index is 11.3. The van der Waals surface area contributed by atoms with E-state index in [1.807, 2.05) is 19.1 Å². The Kier molecular flexibility index (Phi) is 5.32. The Labute approximate surface area is 109 Å². The van der Waals surface area contributed by atoms with E-state index in [1.165, 1.54) is 0 Å². The average molecular weight is 266 g/mol. The SMILES string of the molecule is CCS(=O)(=O)CCNCc1ccc(C#N)cc1C. The van der Waals surface area contributed by atoms with Crippen LogP contribution in [-0.2, 0) is 16.4 Å². The molecule has 0 radical (unpaired) electrons. The molecule has 4 nitrogen and oxygen atoms in total. The molecular formula is C13H18N2O2S. The monoisotopic (exact) mass is 266 g/mol. The first-order chi connectivity index (χ1) is 8.48. The predicted octanol–water partition coefficient (Wildman–Crippen LogP) is 1.39. The van der Waals surface area contributed by atoms with Crippen LogP contribution in [0.3, 0.4) is 0 Å². The van der Waals surface area contributed by atoms with Crippen LogP contribution in [0, 0.1) is 18.3 Å². The van der Waals surface area contributed by atoms with Crippen molar-refractivity contribution in [3.8, 4) is 6.07 Å². The molecule has 0 aliphatic heterocycles. The molecule has 1 rings (SSSR count). The molecule has 1 aromatic rings. The molecule has 5 heteroatoms. The van der Waals surface area contributed by atoms with Crippen LogP contribution in [0.15, 0.2) is 18.2 Å². The van der Waals surface area contributed by atoms with Gasteiger partial charge in [-0.25, -0.2) is 8.42 Å². The number of hydrogen-bond donors (Lipinski definition) is 1. The summed E-state index contributed by atoms with van der Waals surface area (Å²) in [5, 5.41) is 11.9. The lowest BCUT2D eigenvalue weighted by atomic mass is 10.1. The molecule has 0 heterocycles. The molecule has 0 saturated heterocycles. The van der Waals surface area contributed by atoms with Crippen LogP contribution in [0.4, 0.5) is 0 Å². The Morgan fingerprint density at radius 3 is 2.67 bits per heavy atom. The van der Waals surface area contributed by atoms with Crippen LogP contribution in [0.5, 0.6) is 0 Å². The summed E-state index contributed by atoms with van der Waals surface area (Å²) in [5.74, 6) is 0.351. The fourth-order valence-electron chi connectivity index (χ4n) is 1.56. The van der Waals surface area contributed by atoms with E-state index >= 15 is 0 Å². The quantitative estimate of drug-likeness (QED) is 0.790. The van der Waals surface area contributed by atoms with Gasteiger partial charge in [0.25, 0.3) is 0 Å². The van der Waals surface area contributed by atoms with E-state index in [1.54, 1.807) is 13.0 Å². The predicted molar refractivity (Wildman–Crippen MR) is 71.9 cm³/mol. The van der Waals surface area contributed by atoms with Gasteiger partial charge >= 0.3 is 0 Å². The lowest BCUT2D eigenvalue weighted by Crippen LogP contribution is -2.23. The van der Waals surface area contributed by atoms with Crippen molar-refractivity contribution in [3.05, 3.63) is 34.9 Å². The summed E-state index contributed by atoms with van der Waals surface area (Å²) < 4.78 is 22.6. The third-order valence-corrected chi connectivity index (χ3v) is 4.52. The molecule has 0 unspecified atom stereocenters. The van der Waals surface area contributed by atoms with Gasteiger partial charge in [0.2, 0.25) is 0 Å². The zero-order chi connectivity index (χ0) is 13.6. The third kappa shape index (κ3) is 4.47. The lowest BCUT2D eigenvalue weighted by molar-refractivity contribution is 0.592. The first-order valence-corrected chi connectivity index (χ1v) is 7.71. The first-order valence-electron chi connectivity index (χ1n) is 5.89. The molecule has 98 valence electrons. The number of nitriles is 1. The summed E-state index contributed by atoms with van der Waals surface area (Å²) >= 11 is 0. The summed E-state index contributed by atoms with van der Waals surface area (Å²) in [6.07, 6.45) is 0. The topological polar surface area (TPSA) is 70.0 Å². The van der Waals surface area contributed by atoms with Gasteiger partial charge < -0.3 is 5.32 Å². The Balaban J connectivity index is 2.48. The van der Waals surface area contributed by atoms with Crippen LogP contribution in [-0.4, -0.2) is 26.5 Å². The van der Waals surface area contributed by atoms with Gasteiger partial charge in [0.15, 0.2) is 9.84 Å². The van der Waals surface area contributed by atoms with Gasteiger partial charge in [-0.1, -0.05) is 13.0 Å². The van der Waals surface area contributed by atoms with Crippen molar-refractivity contribution in [3.63, 3.8) is 0 Å². The van der Waals surface area contributed by atoms with Crippen molar-refractivity contribution in [2.45, 2.75) is 20.4 Å². The highest BCUT2D eigenvalue weighted by molar-refractivity contribution is 7.91. The molecule has 0 aromatic heterocycles. The van der Waals surface area contributed by atoms with Crippen LogP contribution in [0.1, 0.15) is 23.6 Å². The molecule has 0 amide bonds. The summed E-state index contributed by atoms with van der Waals surface area (Å²) in [6, 6.07) is 7.59. The molecule has 0 bridgehead atoms. The third-order valence-electron chi connectivity index (χ3n) is 2.82. The van der Waals surface area contributed by atoms with E-state index in [9.17, 15) is 8.42 Å². The molecule has 18 heavy (non-hydrogen) atoms. The lowest BCUT2D eigenvalue weighted by Gasteiger charge is -2.08. The normalized spacial score (nSPS) is 11.2. The minimum Gasteiger partial charge on any atom is -0.312 e. The van der Waals surface area contributed by atoms with Crippen molar-refractivity contribution < 1.29 is 8.42 Å². The first kappa shape index (κ1) is 14.7. The number of hydrogen-bond acceptors (Lipinski definition) is 4. The highest BCUT2D eigenvalue weighted by atomic mass is 32.2. The number of sulfone groups is 1. The largest absolute Gasteiger partial charge is 0.312 e. The van der Waals surface area contributed by atoms with Gasteiger partial charge in [-0.2, -0.15) is 5.26 Å². The molecule has 1 N–H and O–H groups in total. The second kappa shape index (κ2) is 6.53. The van der Waals surface area contributed by atoms with E-state index in [0.29, 0.717) is 18.7 Å². The van der Waals surface area contributed by atoms with Crippen LogP contribution < -0.4 is 5.32 Å². The van der Waals surface area contributed by atoms with Gasteiger partial charge in [0, 0.05) is 18.8 Å². The number of nitrogens with one attached hydrogen (secondary N) is 1. The van der Waals surface area contributed by atoms with E-state index in [-0.39, 0.29) is 11.5 Å². The smallest absolute Gasteiger partial charge is 0.151 e. The highest BCUT2D eigenvalue weighted by Crippen LogP contribution is 2.10. The number of nitrogens with zero attached hydrogens (tertiary/aromatic N) is 1. The molecule has 0 spiro atoms. The minimum absolute atomic E-state index is 0.166. The fraction of sp³-hybridized carbons (Fsp3) is 0.462. The molecular weight excluding hydrogens is 248 g/mol. The van der Waals surface area contributed by atoms with Crippen molar-refractivity contribution in [1.82, 2.24) is 5.32 Å². The zero-order valence-electron chi connectivity index (χ0n) is 10.7. The van der Waals surface area contributed by atoms with Gasteiger partial charge in [-0.15, -0.1) is 0 Å². The fourth-order valence-corrected chi connectivity index (χ4v) is 2.30. The average Bonchev–Trinajstić information content (AvgIpc) is 2.36. The number of rotatable bonds is 6. The van der Waals surface area contributed by atoms with Crippen LogP contribution in [0.2, 0.25) is 0 Å². The van der Waals surface area contributed by atoms with Crippen molar-refractivity contribution in [2.24, 2.45) is 0 Å². The van der Waals surface area contributed by atoms with Crippen LogP contribution in [0.25, 0.3) is 0 Å². The maximum atomic E-state index is 11.3. The number of benzene rings is 1. The minimum atomic E-state index is -2.90. The maximum Gasteiger partial charge on any atom is 0.151 e. The second-order valence-corrected chi connectivity index (χ2v) is 6.64. The zero-order valence-corrected chi connectivity index (χ0v) is 11.5. The molecule has 0 aliphatic rings. The standard InChI is InChI=1S/C13H18N2O2S/c1-3-18(16,17)7-6-15-10-13-5-4-12(9-14)8-11(13)2/h4-5,8,15H,3,6-7,10H2,1-2H3. The molecule has 0 fully saturated rings. The Morgan fingerprint density at radius 2 is 2.11 bits per heavy atom. The van der Waals surface area contributed by atoms with Crippen molar-refractivity contribution in [1.29, 1.82) is 5.26 Å². The van der Waals surface area contributed by atoms with Gasteiger partial charge in [-0.3, -0.25) is 0 Å². The summed E-state index contributed by atoms with van der Waals surface area (Å²) in [4.78, 5) is 0. The van der Waals surface area contributed by atoms with Crippen molar-refractivity contribution in [2.75, 3.05) is 18.1 Å². The Morgan fingerprint density at radius 1 is 1.39 bits per heavy atom. The molecule has 0 atom stereocenters. The van der Waals surface area contributed by atoms with E-state index in [0.717, 1.165) is 11.1 Å².